The van der Waals surface area contributed by atoms with Gasteiger partial charge >= 0.3 is 0 Å². The molecule has 2 aliphatic heterocycles. The Bertz CT molecular complexity index is 2240. The monoisotopic (exact) mass is 814 g/mol. The Balaban J connectivity index is 1.19. The van der Waals surface area contributed by atoms with Crippen LogP contribution in [0.25, 0.3) is 22.2 Å². The van der Waals surface area contributed by atoms with Crippen LogP contribution in [0, 0.1) is 11.3 Å². The number of nitrogens with one attached hydrogen (secondary N) is 2. The molecule has 2 saturated carbocycles. The third-order valence-electron chi connectivity index (χ3n) is 11.6. The topological polar surface area (TPSA) is 166 Å². The number of halogens is 1. The summed E-state index contributed by atoms with van der Waals surface area (Å²) in [5, 5.41) is 3.00. The van der Waals surface area contributed by atoms with Crippen LogP contribution in [0.5, 0.6) is 0 Å². The minimum absolute atomic E-state index is 0.0240. The number of benzene rings is 2. The molecule has 3 aromatic rings. The second kappa shape index (κ2) is 16.2. The number of rotatable bonds is 12. The number of alkyl halides is 1. The van der Waals surface area contributed by atoms with Gasteiger partial charge in [-0.25, -0.2) is 22.5 Å². The second-order valence-corrected chi connectivity index (χ2v) is 19.1. The Hall–Kier alpha value is -5.18. The summed E-state index contributed by atoms with van der Waals surface area (Å²) in [4.78, 5) is 79.7. The summed E-state index contributed by atoms with van der Waals surface area (Å²) < 4.78 is 41.8. The van der Waals surface area contributed by atoms with E-state index in [1.54, 1.807) is 12.1 Å². The quantitative estimate of drug-likeness (QED) is 0.248. The fourth-order valence-corrected chi connectivity index (χ4v) is 9.31. The van der Waals surface area contributed by atoms with E-state index in [-0.39, 0.29) is 37.5 Å². The van der Waals surface area contributed by atoms with Crippen molar-refractivity contribution in [2.75, 3.05) is 19.6 Å². The van der Waals surface area contributed by atoms with E-state index in [4.69, 9.17) is 4.98 Å². The number of sulfonamides is 1. The number of para-hydroxylation sites is 1. The van der Waals surface area contributed by atoms with Crippen molar-refractivity contribution in [2.24, 2.45) is 11.3 Å². The fraction of sp³-hybridized carbons (Fsp3) is 0.488. The van der Waals surface area contributed by atoms with Gasteiger partial charge in [-0.05, 0) is 62.5 Å². The summed E-state index contributed by atoms with van der Waals surface area (Å²) >= 11 is 0. The van der Waals surface area contributed by atoms with Crippen LogP contribution in [-0.4, -0.2) is 107 Å². The third-order valence-corrected chi connectivity index (χ3v) is 13.4. The maximum absolute atomic E-state index is 14.9. The molecule has 4 aliphatic rings. The summed E-state index contributed by atoms with van der Waals surface area (Å²) in [6.45, 7) is 9.58. The van der Waals surface area contributed by atoms with E-state index >= 15 is 0 Å². The van der Waals surface area contributed by atoms with Gasteiger partial charge in [-0.3, -0.25) is 24.0 Å². The van der Waals surface area contributed by atoms with Crippen molar-refractivity contribution in [1.29, 1.82) is 0 Å². The first-order valence-corrected chi connectivity index (χ1v) is 21.6. The molecule has 13 nitrogen and oxygen atoms in total. The molecule has 4 atom stereocenters. The molecule has 0 radical (unpaired) electrons. The average Bonchev–Trinajstić information content (AvgIpc) is 4.14. The Morgan fingerprint density at radius 2 is 1.66 bits per heavy atom. The lowest BCUT2D eigenvalue weighted by Gasteiger charge is -2.37. The van der Waals surface area contributed by atoms with E-state index in [1.807, 2.05) is 69.3 Å². The molecule has 0 spiro atoms. The van der Waals surface area contributed by atoms with E-state index in [1.165, 1.54) is 14.7 Å². The maximum atomic E-state index is 14.9. The van der Waals surface area contributed by atoms with Crippen molar-refractivity contribution in [3.63, 3.8) is 0 Å². The van der Waals surface area contributed by atoms with Crippen LogP contribution in [0.4, 0.5) is 4.39 Å². The molecule has 3 heterocycles. The molecular formula is C43H51FN6O7S. The van der Waals surface area contributed by atoms with Crippen LogP contribution >= 0.6 is 0 Å². The van der Waals surface area contributed by atoms with E-state index in [0.29, 0.717) is 67.2 Å². The number of aromatic nitrogens is 1. The van der Waals surface area contributed by atoms with Crippen molar-refractivity contribution in [1.82, 2.24) is 29.7 Å². The van der Waals surface area contributed by atoms with Gasteiger partial charge in [0.25, 0.3) is 11.8 Å². The first kappa shape index (κ1) is 41.0. The molecule has 2 N–H and O–H groups in total. The van der Waals surface area contributed by atoms with Gasteiger partial charge in [0.2, 0.25) is 27.7 Å². The SMILES string of the molecule is C=C(C(=O)NS(=O)(=O)C1CC1)N(C(=O)[C@@H]1C[C@@H](NC(=O)c2cc(-c3ccccc3)nc3ccccc23)CN1C(=O)[C@@H](CC(=O)N1CCCC(F)C1)C(C)(C)C)C1CC1. The summed E-state index contributed by atoms with van der Waals surface area (Å²) in [5.41, 5.74) is 1.25. The lowest BCUT2D eigenvalue weighted by atomic mass is 9.77. The first-order valence-electron chi connectivity index (χ1n) is 20.1. The first-order chi connectivity index (χ1) is 27.5. The number of carbonyl (C=O) groups is 5. The van der Waals surface area contributed by atoms with Gasteiger partial charge in [-0.1, -0.05) is 75.9 Å². The standard InChI is InChI=1S/C43H51FN6O7S/c1-26(39(52)47-58(56,57)31-18-19-31)50(30-16-17-30)42(55)37-21-29(25-49(37)41(54)34(43(2,3)4)23-38(51)48-20-10-13-28(44)24-48)45-40(53)33-22-36(27-11-6-5-7-12-27)46-35-15-9-8-14-32(33)35/h5-9,11-12,14-15,22,28-31,34,37H,1,10,13,16-21,23-25H2,2-4H3,(H,45,53)(H,47,52)/t28?,29-,34-,37+/m1/s1. The summed E-state index contributed by atoms with van der Waals surface area (Å²) in [6.07, 6.45) is 1.44. The molecule has 0 bridgehead atoms. The molecule has 1 unspecified atom stereocenters. The van der Waals surface area contributed by atoms with Crippen LogP contribution in [-0.2, 0) is 29.2 Å². The van der Waals surface area contributed by atoms with Crippen molar-refractivity contribution in [3.8, 4) is 11.3 Å². The van der Waals surface area contributed by atoms with E-state index in [0.717, 1.165) is 5.56 Å². The molecule has 5 amide bonds. The maximum Gasteiger partial charge on any atom is 0.280 e. The van der Waals surface area contributed by atoms with Crippen LogP contribution < -0.4 is 10.0 Å². The van der Waals surface area contributed by atoms with Gasteiger partial charge in [-0.2, -0.15) is 0 Å². The molecule has 7 rings (SSSR count). The number of likely N-dealkylation sites (tertiary alicyclic amines) is 2. The van der Waals surface area contributed by atoms with Gasteiger partial charge in [0.05, 0.1) is 34.5 Å². The highest BCUT2D eigenvalue weighted by molar-refractivity contribution is 7.91. The van der Waals surface area contributed by atoms with Gasteiger partial charge in [0, 0.05) is 42.5 Å². The predicted molar refractivity (Wildman–Crippen MR) is 216 cm³/mol. The third kappa shape index (κ3) is 8.93. The zero-order valence-electron chi connectivity index (χ0n) is 33.2. The zero-order chi connectivity index (χ0) is 41.5. The molecule has 2 saturated heterocycles. The smallest absolute Gasteiger partial charge is 0.280 e. The normalized spacial score (nSPS) is 21.6. The van der Waals surface area contributed by atoms with E-state index in [9.17, 15) is 36.8 Å². The number of nitrogens with zero attached hydrogens (tertiary/aromatic N) is 4. The highest BCUT2D eigenvalue weighted by Gasteiger charge is 2.50. The Labute approximate surface area is 338 Å². The second-order valence-electron chi connectivity index (χ2n) is 17.1. The van der Waals surface area contributed by atoms with Gasteiger partial charge in [0.15, 0.2) is 0 Å². The highest BCUT2D eigenvalue weighted by Crippen LogP contribution is 2.37. The van der Waals surface area contributed by atoms with Crippen molar-refractivity contribution >= 4 is 50.5 Å². The van der Waals surface area contributed by atoms with E-state index < -0.39 is 74.5 Å². The number of hydrogen-bond acceptors (Lipinski definition) is 8. The molecule has 15 heteroatoms. The number of fused-ring (bicyclic) bond motifs is 1. The molecule has 2 aromatic carbocycles. The summed E-state index contributed by atoms with van der Waals surface area (Å²) in [5.74, 6) is -3.87. The van der Waals surface area contributed by atoms with E-state index in [2.05, 4.69) is 16.6 Å². The summed E-state index contributed by atoms with van der Waals surface area (Å²) in [6, 6.07) is 16.1. The number of hydrogen-bond donors (Lipinski definition) is 2. The molecule has 1 aromatic heterocycles. The number of carbonyl (C=O) groups excluding carboxylic acids is 5. The fourth-order valence-electron chi connectivity index (χ4n) is 8.01. The molecule has 58 heavy (non-hydrogen) atoms. The van der Waals surface area contributed by atoms with Crippen LogP contribution in [0.2, 0.25) is 0 Å². The van der Waals surface area contributed by atoms with Crippen molar-refractivity contribution in [2.45, 2.75) is 102 Å². The van der Waals surface area contributed by atoms with Crippen LogP contribution in [0.15, 0.2) is 72.9 Å². The number of piperidine rings is 1. The minimum atomic E-state index is -3.95. The summed E-state index contributed by atoms with van der Waals surface area (Å²) in [7, 11) is -3.95. The van der Waals surface area contributed by atoms with Gasteiger partial charge in [-0.15, -0.1) is 0 Å². The lowest BCUT2D eigenvalue weighted by Crippen LogP contribution is -2.53. The molecule has 308 valence electrons. The van der Waals surface area contributed by atoms with Gasteiger partial charge in [0.1, 0.15) is 17.9 Å². The van der Waals surface area contributed by atoms with Crippen LogP contribution in [0.1, 0.15) is 82.5 Å². The lowest BCUT2D eigenvalue weighted by molar-refractivity contribution is -0.150. The highest BCUT2D eigenvalue weighted by atomic mass is 32.2. The van der Waals surface area contributed by atoms with Crippen molar-refractivity contribution in [3.05, 3.63) is 78.5 Å². The number of pyridine rings is 1. The number of amides is 5. The van der Waals surface area contributed by atoms with Crippen molar-refractivity contribution < 1.29 is 36.8 Å². The molecule has 2 aliphatic carbocycles. The zero-order valence-corrected chi connectivity index (χ0v) is 34.0. The minimum Gasteiger partial charge on any atom is -0.347 e. The Morgan fingerprint density at radius 3 is 2.31 bits per heavy atom. The Kier molecular flexibility index (Phi) is 11.5. The average molecular weight is 815 g/mol. The van der Waals surface area contributed by atoms with Crippen LogP contribution in [0.3, 0.4) is 0 Å². The predicted octanol–water partition coefficient (Wildman–Crippen LogP) is 4.73. The molecule has 4 fully saturated rings. The Morgan fingerprint density at radius 1 is 0.966 bits per heavy atom. The largest absolute Gasteiger partial charge is 0.347 e. The van der Waals surface area contributed by atoms with Gasteiger partial charge < -0.3 is 20.0 Å². The molecular weight excluding hydrogens is 764 g/mol.